The molecule has 0 aliphatic heterocycles. The predicted octanol–water partition coefficient (Wildman–Crippen LogP) is 0.991. The number of aromatic nitrogens is 4. The molecule has 1 aromatic rings. The number of hydrogen-bond donors (Lipinski definition) is 0. The lowest BCUT2D eigenvalue weighted by molar-refractivity contribution is -0.174. The maximum absolute atomic E-state index is 11.7. The highest BCUT2D eigenvalue weighted by Crippen LogP contribution is 2.14. The monoisotopic (exact) mass is 244 g/mol. The van der Waals surface area contributed by atoms with Crippen molar-refractivity contribution in [2.24, 2.45) is 0 Å². The third kappa shape index (κ3) is 4.43. The SMILES string of the molecule is FC(F)(F)COCCn1nnnc1CCl. The van der Waals surface area contributed by atoms with Crippen LogP contribution >= 0.6 is 11.6 Å². The first-order chi connectivity index (χ1) is 7.03. The van der Waals surface area contributed by atoms with E-state index >= 15 is 0 Å². The molecule has 0 radical (unpaired) electrons. The summed E-state index contributed by atoms with van der Waals surface area (Å²) in [4.78, 5) is 0. The molecule has 0 spiro atoms. The predicted molar refractivity (Wildman–Crippen MR) is 44.2 cm³/mol. The van der Waals surface area contributed by atoms with E-state index in [1.54, 1.807) is 0 Å². The first kappa shape index (κ1) is 12.2. The summed E-state index contributed by atoms with van der Waals surface area (Å²) >= 11 is 5.47. The fourth-order valence-corrected chi connectivity index (χ4v) is 1.02. The van der Waals surface area contributed by atoms with E-state index in [0.29, 0.717) is 5.82 Å². The zero-order valence-electron chi connectivity index (χ0n) is 7.54. The average Bonchev–Trinajstić information content (AvgIpc) is 2.58. The first-order valence-electron chi connectivity index (χ1n) is 3.98. The van der Waals surface area contributed by atoms with Gasteiger partial charge in [0, 0.05) is 0 Å². The summed E-state index contributed by atoms with van der Waals surface area (Å²) in [5.74, 6) is 0.499. The normalized spacial score (nSPS) is 12.0. The standard InChI is InChI=1S/C6H8ClF3N4O/c7-3-5-11-12-13-14(5)1-2-15-4-6(8,9)10/h1-4H2. The molecule has 0 saturated carbocycles. The second-order valence-electron chi connectivity index (χ2n) is 2.62. The van der Waals surface area contributed by atoms with Crippen LogP contribution < -0.4 is 0 Å². The topological polar surface area (TPSA) is 52.8 Å². The van der Waals surface area contributed by atoms with Gasteiger partial charge in [0.1, 0.15) is 6.61 Å². The molecule has 0 bridgehead atoms. The first-order valence-corrected chi connectivity index (χ1v) is 4.52. The van der Waals surface area contributed by atoms with Gasteiger partial charge in [-0.1, -0.05) is 0 Å². The maximum atomic E-state index is 11.7. The third-order valence-electron chi connectivity index (χ3n) is 1.44. The highest BCUT2D eigenvalue weighted by molar-refractivity contribution is 6.16. The zero-order chi connectivity index (χ0) is 11.3. The highest BCUT2D eigenvalue weighted by Gasteiger charge is 2.27. The van der Waals surface area contributed by atoms with E-state index in [4.69, 9.17) is 11.6 Å². The van der Waals surface area contributed by atoms with Crippen LogP contribution in [0.1, 0.15) is 5.82 Å². The average molecular weight is 245 g/mol. The van der Waals surface area contributed by atoms with Crippen LogP contribution in [-0.2, 0) is 17.2 Å². The quantitative estimate of drug-likeness (QED) is 0.573. The maximum Gasteiger partial charge on any atom is 0.411 e. The van der Waals surface area contributed by atoms with Gasteiger partial charge in [-0.05, 0) is 10.4 Å². The summed E-state index contributed by atoms with van der Waals surface area (Å²) < 4.78 is 40.7. The Morgan fingerprint density at radius 2 is 2.13 bits per heavy atom. The molecule has 0 aromatic carbocycles. The van der Waals surface area contributed by atoms with E-state index in [1.807, 2.05) is 0 Å². The molecule has 0 unspecified atom stereocenters. The fourth-order valence-electron chi connectivity index (χ4n) is 0.832. The van der Waals surface area contributed by atoms with Crippen molar-refractivity contribution >= 4 is 11.6 Å². The molecule has 0 saturated heterocycles. The lowest BCUT2D eigenvalue weighted by Gasteiger charge is -2.07. The van der Waals surface area contributed by atoms with Gasteiger partial charge < -0.3 is 4.74 Å². The second-order valence-corrected chi connectivity index (χ2v) is 2.89. The fraction of sp³-hybridized carbons (Fsp3) is 0.833. The van der Waals surface area contributed by atoms with Crippen LogP contribution in [-0.4, -0.2) is 39.6 Å². The number of nitrogens with zero attached hydrogens (tertiary/aromatic N) is 4. The number of alkyl halides is 4. The van der Waals surface area contributed by atoms with Crippen LogP contribution in [0.25, 0.3) is 0 Å². The number of hydrogen-bond acceptors (Lipinski definition) is 4. The van der Waals surface area contributed by atoms with Crippen molar-refractivity contribution in [1.82, 2.24) is 20.2 Å². The largest absolute Gasteiger partial charge is 0.411 e. The molecule has 0 fully saturated rings. The highest BCUT2D eigenvalue weighted by atomic mass is 35.5. The number of ether oxygens (including phenoxy) is 1. The van der Waals surface area contributed by atoms with Crippen molar-refractivity contribution in [2.45, 2.75) is 18.6 Å². The van der Waals surface area contributed by atoms with Crippen LogP contribution in [0.5, 0.6) is 0 Å². The Kier molecular flexibility index (Phi) is 4.28. The van der Waals surface area contributed by atoms with Crippen LogP contribution in [0, 0.1) is 0 Å². The van der Waals surface area contributed by atoms with E-state index in [1.165, 1.54) is 4.68 Å². The van der Waals surface area contributed by atoms with Gasteiger partial charge in [0.2, 0.25) is 0 Å². The van der Waals surface area contributed by atoms with Gasteiger partial charge in [0.15, 0.2) is 5.82 Å². The van der Waals surface area contributed by atoms with Crippen molar-refractivity contribution in [3.63, 3.8) is 0 Å². The van der Waals surface area contributed by atoms with Gasteiger partial charge in [-0.2, -0.15) is 13.2 Å². The Morgan fingerprint density at radius 3 is 2.73 bits per heavy atom. The number of tetrazole rings is 1. The molecule has 0 atom stereocenters. The van der Waals surface area contributed by atoms with E-state index in [-0.39, 0.29) is 19.0 Å². The molecule has 0 N–H and O–H groups in total. The van der Waals surface area contributed by atoms with Gasteiger partial charge >= 0.3 is 6.18 Å². The van der Waals surface area contributed by atoms with Crippen molar-refractivity contribution < 1.29 is 17.9 Å². The van der Waals surface area contributed by atoms with Gasteiger partial charge in [0.05, 0.1) is 19.0 Å². The Bertz CT molecular complexity index is 303. The minimum absolute atomic E-state index is 0.103. The van der Waals surface area contributed by atoms with E-state index in [0.717, 1.165) is 0 Å². The third-order valence-corrected chi connectivity index (χ3v) is 1.68. The molecule has 5 nitrogen and oxygen atoms in total. The number of halogens is 4. The van der Waals surface area contributed by atoms with Crippen LogP contribution in [0.3, 0.4) is 0 Å². The molecule has 15 heavy (non-hydrogen) atoms. The van der Waals surface area contributed by atoms with Crippen LogP contribution in [0.2, 0.25) is 0 Å². The molecule has 1 heterocycles. The lowest BCUT2D eigenvalue weighted by atomic mass is 10.6. The van der Waals surface area contributed by atoms with E-state index in [2.05, 4.69) is 20.3 Å². The molecule has 0 aliphatic rings. The molecular weight excluding hydrogens is 237 g/mol. The Balaban J connectivity index is 2.26. The molecule has 86 valence electrons. The Morgan fingerprint density at radius 1 is 1.40 bits per heavy atom. The molecular formula is C6H8ClF3N4O. The van der Waals surface area contributed by atoms with Crippen molar-refractivity contribution in [3.05, 3.63) is 5.82 Å². The summed E-state index contributed by atoms with van der Waals surface area (Å²) in [7, 11) is 0. The molecule has 0 aliphatic carbocycles. The van der Waals surface area contributed by atoms with Gasteiger partial charge in [-0.3, -0.25) is 0 Å². The second kappa shape index (κ2) is 5.26. The molecule has 1 aromatic heterocycles. The van der Waals surface area contributed by atoms with Crippen LogP contribution in [0.15, 0.2) is 0 Å². The summed E-state index contributed by atoms with van der Waals surface area (Å²) in [6.45, 7) is -1.25. The van der Waals surface area contributed by atoms with Crippen molar-refractivity contribution in [3.8, 4) is 0 Å². The summed E-state index contributed by atoms with van der Waals surface area (Å²) in [5, 5.41) is 10.4. The lowest BCUT2D eigenvalue weighted by Crippen LogP contribution is -2.19. The Labute approximate surface area is 88.2 Å². The summed E-state index contributed by atoms with van der Waals surface area (Å²) in [6.07, 6.45) is -4.31. The number of rotatable bonds is 5. The van der Waals surface area contributed by atoms with Crippen molar-refractivity contribution in [1.29, 1.82) is 0 Å². The van der Waals surface area contributed by atoms with Gasteiger partial charge in [0.25, 0.3) is 0 Å². The van der Waals surface area contributed by atoms with E-state index < -0.39 is 12.8 Å². The molecule has 0 amide bonds. The smallest absolute Gasteiger partial charge is 0.370 e. The summed E-state index contributed by atoms with van der Waals surface area (Å²) in [6, 6.07) is 0. The van der Waals surface area contributed by atoms with E-state index in [9.17, 15) is 13.2 Å². The zero-order valence-corrected chi connectivity index (χ0v) is 8.29. The minimum atomic E-state index is -4.31. The molecule has 9 heteroatoms. The van der Waals surface area contributed by atoms with Gasteiger partial charge in [-0.25, -0.2) is 4.68 Å². The minimum Gasteiger partial charge on any atom is -0.370 e. The van der Waals surface area contributed by atoms with Crippen LogP contribution in [0.4, 0.5) is 13.2 Å². The van der Waals surface area contributed by atoms with Crippen molar-refractivity contribution in [2.75, 3.05) is 13.2 Å². The van der Waals surface area contributed by atoms with Gasteiger partial charge in [-0.15, -0.1) is 16.7 Å². The molecule has 1 rings (SSSR count). The Hall–Kier alpha value is -0.890. The summed E-state index contributed by atoms with van der Waals surface area (Å²) in [5.41, 5.74) is 0.